The van der Waals surface area contributed by atoms with Crippen LogP contribution in [0.4, 0.5) is 0 Å². The number of allylic oxidation sites excluding steroid dienone is 4. The van der Waals surface area contributed by atoms with Crippen LogP contribution in [0.2, 0.25) is 0 Å². The third-order valence-electron chi connectivity index (χ3n) is 3.94. The molecule has 1 aliphatic rings. The molecule has 1 aliphatic carbocycles. The molecule has 2 heteroatoms. The largest absolute Gasteiger partial charge is 0.508 e. The van der Waals surface area contributed by atoms with E-state index in [9.17, 15) is 10.2 Å². The van der Waals surface area contributed by atoms with E-state index in [1.807, 2.05) is 25.1 Å². The van der Waals surface area contributed by atoms with Gasteiger partial charge in [-0.2, -0.15) is 0 Å². The lowest BCUT2D eigenvalue weighted by molar-refractivity contribution is 0.474. The van der Waals surface area contributed by atoms with Crippen LogP contribution in [0.15, 0.2) is 54.6 Å². The molecule has 106 valence electrons. The van der Waals surface area contributed by atoms with Crippen LogP contribution in [0.3, 0.4) is 0 Å². The SMILES string of the molecule is Cc1cc(O)ccc1C1=CC=C(c2ccc(O)cc2)CC1. The Morgan fingerprint density at radius 2 is 1.38 bits per heavy atom. The van der Waals surface area contributed by atoms with Gasteiger partial charge in [-0.3, -0.25) is 0 Å². The summed E-state index contributed by atoms with van der Waals surface area (Å²) in [5.74, 6) is 0.610. The van der Waals surface area contributed by atoms with E-state index < -0.39 is 0 Å². The molecule has 2 N–H and O–H groups in total. The van der Waals surface area contributed by atoms with Gasteiger partial charge in [-0.15, -0.1) is 0 Å². The molecule has 0 spiro atoms. The standard InChI is InChI=1S/C19H18O2/c1-13-12-18(21)10-11-19(13)16-4-2-14(3-5-16)15-6-8-17(20)9-7-15/h2,4,6-12,20-21H,3,5H2,1H3. The number of aromatic hydroxyl groups is 2. The van der Waals surface area contributed by atoms with Crippen molar-refractivity contribution in [1.29, 1.82) is 0 Å². The van der Waals surface area contributed by atoms with E-state index in [1.165, 1.54) is 16.7 Å². The van der Waals surface area contributed by atoms with E-state index in [-0.39, 0.29) is 0 Å². The molecule has 0 saturated carbocycles. The first-order valence-electron chi connectivity index (χ1n) is 7.12. The predicted octanol–water partition coefficient (Wildman–Crippen LogP) is 4.67. The molecule has 0 bridgehead atoms. The van der Waals surface area contributed by atoms with Crippen molar-refractivity contribution in [1.82, 2.24) is 0 Å². The molecule has 2 aromatic rings. The minimum absolute atomic E-state index is 0.297. The number of rotatable bonds is 2. The Kier molecular flexibility index (Phi) is 3.53. The van der Waals surface area contributed by atoms with E-state index in [1.54, 1.807) is 24.3 Å². The molecule has 0 aromatic heterocycles. The van der Waals surface area contributed by atoms with Gasteiger partial charge in [0.25, 0.3) is 0 Å². The van der Waals surface area contributed by atoms with Crippen molar-refractivity contribution < 1.29 is 10.2 Å². The zero-order chi connectivity index (χ0) is 14.8. The monoisotopic (exact) mass is 278 g/mol. The van der Waals surface area contributed by atoms with Crippen LogP contribution in [0, 0.1) is 6.92 Å². The fourth-order valence-electron chi connectivity index (χ4n) is 2.79. The predicted molar refractivity (Wildman–Crippen MR) is 86.1 cm³/mol. The first kappa shape index (κ1) is 13.5. The van der Waals surface area contributed by atoms with Crippen LogP contribution in [-0.2, 0) is 0 Å². The highest BCUT2D eigenvalue weighted by molar-refractivity contribution is 5.79. The summed E-state index contributed by atoms with van der Waals surface area (Å²) in [7, 11) is 0. The molecule has 3 rings (SSSR count). The fraction of sp³-hybridized carbons (Fsp3) is 0.158. The molecule has 0 fully saturated rings. The van der Waals surface area contributed by atoms with Gasteiger partial charge in [-0.05, 0) is 71.9 Å². The lowest BCUT2D eigenvalue weighted by atomic mass is 9.88. The molecule has 0 unspecified atom stereocenters. The van der Waals surface area contributed by atoms with E-state index >= 15 is 0 Å². The van der Waals surface area contributed by atoms with Crippen LogP contribution in [0.1, 0.15) is 29.5 Å². The Morgan fingerprint density at radius 1 is 0.762 bits per heavy atom. The van der Waals surface area contributed by atoms with Crippen molar-refractivity contribution in [3.8, 4) is 11.5 Å². The highest BCUT2D eigenvalue weighted by Gasteiger charge is 2.12. The Hall–Kier alpha value is -2.48. The van der Waals surface area contributed by atoms with Crippen LogP contribution >= 0.6 is 0 Å². The molecule has 0 saturated heterocycles. The zero-order valence-corrected chi connectivity index (χ0v) is 12.0. The second-order valence-electron chi connectivity index (χ2n) is 5.43. The summed E-state index contributed by atoms with van der Waals surface area (Å²) in [5.41, 5.74) is 6.05. The minimum atomic E-state index is 0.297. The lowest BCUT2D eigenvalue weighted by Gasteiger charge is -2.17. The average molecular weight is 278 g/mol. The molecular formula is C19H18O2. The maximum atomic E-state index is 9.50. The van der Waals surface area contributed by atoms with Gasteiger partial charge in [0.2, 0.25) is 0 Å². The summed E-state index contributed by atoms with van der Waals surface area (Å²) in [5, 5.41) is 18.8. The van der Waals surface area contributed by atoms with E-state index in [4.69, 9.17) is 0 Å². The maximum absolute atomic E-state index is 9.50. The molecule has 0 amide bonds. The minimum Gasteiger partial charge on any atom is -0.508 e. The van der Waals surface area contributed by atoms with Crippen LogP contribution in [0.5, 0.6) is 11.5 Å². The highest BCUT2D eigenvalue weighted by Crippen LogP contribution is 2.34. The van der Waals surface area contributed by atoms with Crippen molar-refractivity contribution in [2.24, 2.45) is 0 Å². The van der Waals surface area contributed by atoms with Crippen LogP contribution in [-0.4, -0.2) is 10.2 Å². The third kappa shape index (κ3) is 2.84. The third-order valence-corrected chi connectivity index (χ3v) is 3.94. The van der Waals surface area contributed by atoms with Gasteiger partial charge in [0.1, 0.15) is 11.5 Å². The van der Waals surface area contributed by atoms with Gasteiger partial charge in [0.15, 0.2) is 0 Å². The topological polar surface area (TPSA) is 40.5 Å². The molecule has 2 nitrogen and oxygen atoms in total. The molecular weight excluding hydrogens is 260 g/mol. The number of aryl methyl sites for hydroxylation is 1. The van der Waals surface area contributed by atoms with E-state index in [0.29, 0.717) is 11.5 Å². The second-order valence-corrected chi connectivity index (χ2v) is 5.43. The van der Waals surface area contributed by atoms with Gasteiger partial charge in [-0.25, -0.2) is 0 Å². The van der Waals surface area contributed by atoms with Gasteiger partial charge in [0, 0.05) is 0 Å². The van der Waals surface area contributed by atoms with Crippen molar-refractivity contribution >= 4 is 11.1 Å². The summed E-state index contributed by atoms with van der Waals surface area (Å²) in [6.45, 7) is 2.02. The highest BCUT2D eigenvalue weighted by atomic mass is 16.3. The second kappa shape index (κ2) is 5.49. The zero-order valence-electron chi connectivity index (χ0n) is 12.0. The normalized spacial score (nSPS) is 14.5. The first-order valence-corrected chi connectivity index (χ1v) is 7.12. The van der Waals surface area contributed by atoms with Gasteiger partial charge in [0.05, 0.1) is 0 Å². The first-order chi connectivity index (χ1) is 10.1. The Labute approximate surface area is 124 Å². The van der Waals surface area contributed by atoms with Crippen LogP contribution in [0.25, 0.3) is 11.1 Å². The number of hydrogen-bond donors (Lipinski definition) is 2. The van der Waals surface area contributed by atoms with Gasteiger partial charge < -0.3 is 10.2 Å². The maximum Gasteiger partial charge on any atom is 0.115 e. The summed E-state index contributed by atoms with van der Waals surface area (Å²) < 4.78 is 0. The molecule has 21 heavy (non-hydrogen) atoms. The average Bonchev–Trinajstić information content (AvgIpc) is 2.48. The summed E-state index contributed by atoms with van der Waals surface area (Å²) in [6.07, 6.45) is 6.28. The van der Waals surface area contributed by atoms with E-state index in [2.05, 4.69) is 12.2 Å². The molecule has 0 radical (unpaired) electrons. The molecule has 0 heterocycles. The molecule has 0 aliphatic heterocycles. The molecule has 2 aromatic carbocycles. The number of hydrogen-bond acceptors (Lipinski definition) is 2. The Morgan fingerprint density at radius 3 is 2.00 bits per heavy atom. The van der Waals surface area contributed by atoms with Gasteiger partial charge >= 0.3 is 0 Å². The summed E-state index contributed by atoms with van der Waals surface area (Å²) >= 11 is 0. The smallest absolute Gasteiger partial charge is 0.115 e. The van der Waals surface area contributed by atoms with Crippen molar-refractivity contribution in [2.45, 2.75) is 19.8 Å². The van der Waals surface area contributed by atoms with Crippen LogP contribution < -0.4 is 0 Å². The number of phenols is 2. The number of benzene rings is 2. The number of phenolic OH excluding ortho intramolecular Hbond substituents is 2. The quantitative estimate of drug-likeness (QED) is 0.838. The van der Waals surface area contributed by atoms with Gasteiger partial charge in [-0.1, -0.05) is 30.4 Å². The van der Waals surface area contributed by atoms with E-state index in [0.717, 1.165) is 24.0 Å². The Balaban J connectivity index is 1.89. The summed E-state index contributed by atoms with van der Waals surface area (Å²) in [6, 6.07) is 12.9. The lowest BCUT2D eigenvalue weighted by Crippen LogP contribution is -1.95. The Bertz CT molecular complexity index is 722. The molecule has 0 atom stereocenters. The summed E-state index contributed by atoms with van der Waals surface area (Å²) in [4.78, 5) is 0. The fourth-order valence-corrected chi connectivity index (χ4v) is 2.79. The van der Waals surface area contributed by atoms with Crippen molar-refractivity contribution in [3.05, 3.63) is 71.3 Å². The van der Waals surface area contributed by atoms with Crippen molar-refractivity contribution in [3.63, 3.8) is 0 Å². The van der Waals surface area contributed by atoms with Crippen molar-refractivity contribution in [2.75, 3.05) is 0 Å².